The van der Waals surface area contributed by atoms with Crippen molar-refractivity contribution in [2.75, 3.05) is 45.9 Å². The van der Waals surface area contributed by atoms with Crippen LogP contribution in [0.15, 0.2) is 0 Å². The van der Waals surface area contributed by atoms with Gasteiger partial charge < -0.3 is 14.5 Å². The number of hydrogen-bond acceptors (Lipinski definition) is 3. The van der Waals surface area contributed by atoms with E-state index in [0.717, 1.165) is 52.2 Å². The second-order valence-corrected chi connectivity index (χ2v) is 5.93. The van der Waals surface area contributed by atoms with Gasteiger partial charge >= 0.3 is 0 Å². The van der Waals surface area contributed by atoms with Crippen LogP contribution in [-0.2, 0) is 9.53 Å². The van der Waals surface area contributed by atoms with E-state index in [2.05, 4.69) is 23.6 Å². The van der Waals surface area contributed by atoms with E-state index in [9.17, 15) is 4.79 Å². The normalized spacial score (nSPS) is 26.6. The third-order valence-corrected chi connectivity index (χ3v) is 3.80. The Hall–Kier alpha value is -0.610. The predicted octanol–water partition coefficient (Wildman–Crippen LogP) is 1.21. The Labute approximate surface area is 110 Å². The summed E-state index contributed by atoms with van der Waals surface area (Å²) in [6, 6.07) is 0. The maximum absolute atomic E-state index is 12.3. The number of ether oxygens (including phenoxy) is 1. The molecule has 2 aliphatic heterocycles. The van der Waals surface area contributed by atoms with Gasteiger partial charge in [0.2, 0.25) is 5.91 Å². The highest BCUT2D eigenvalue weighted by molar-refractivity contribution is 5.79. The summed E-state index contributed by atoms with van der Waals surface area (Å²) in [5, 5.41) is 0. The first kappa shape index (κ1) is 13.8. The standard InChI is InChI=1S/C14H26N2O2/c1-12(2)10-15-5-3-6-16(8-7-15)14(17)13-4-9-18-11-13/h12-13H,3-11H2,1-2H3. The predicted molar refractivity (Wildman–Crippen MR) is 71.4 cm³/mol. The monoisotopic (exact) mass is 254 g/mol. The molecule has 0 N–H and O–H groups in total. The molecule has 0 spiro atoms. The van der Waals surface area contributed by atoms with E-state index in [1.54, 1.807) is 0 Å². The highest BCUT2D eigenvalue weighted by Gasteiger charge is 2.29. The van der Waals surface area contributed by atoms with Gasteiger partial charge in [0.1, 0.15) is 0 Å². The Morgan fingerprint density at radius 2 is 2.11 bits per heavy atom. The minimum absolute atomic E-state index is 0.127. The molecular weight excluding hydrogens is 228 g/mol. The Kier molecular flexibility index (Phi) is 5.01. The fraction of sp³-hybridized carbons (Fsp3) is 0.929. The lowest BCUT2D eigenvalue weighted by molar-refractivity contribution is -0.135. The van der Waals surface area contributed by atoms with Gasteiger partial charge in [0, 0.05) is 32.8 Å². The minimum atomic E-state index is 0.127. The molecule has 1 amide bonds. The summed E-state index contributed by atoms with van der Waals surface area (Å²) in [6.07, 6.45) is 2.01. The third-order valence-electron chi connectivity index (χ3n) is 3.80. The fourth-order valence-corrected chi connectivity index (χ4v) is 2.88. The van der Waals surface area contributed by atoms with Gasteiger partial charge in [-0.2, -0.15) is 0 Å². The zero-order valence-electron chi connectivity index (χ0n) is 11.7. The second kappa shape index (κ2) is 6.53. The van der Waals surface area contributed by atoms with E-state index >= 15 is 0 Å². The van der Waals surface area contributed by atoms with Gasteiger partial charge in [0.25, 0.3) is 0 Å². The topological polar surface area (TPSA) is 32.8 Å². The van der Waals surface area contributed by atoms with Crippen molar-refractivity contribution in [1.82, 2.24) is 9.80 Å². The SMILES string of the molecule is CC(C)CN1CCCN(C(=O)C2CCOC2)CC1. The van der Waals surface area contributed by atoms with Crippen molar-refractivity contribution in [2.24, 2.45) is 11.8 Å². The van der Waals surface area contributed by atoms with Crippen molar-refractivity contribution in [3.63, 3.8) is 0 Å². The first-order valence-electron chi connectivity index (χ1n) is 7.25. The van der Waals surface area contributed by atoms with E-state index in [0.29, 0.717) is 18.4 Å². The number of nitrogens with zero attached hydrogens (tertiary/aromatic N) is 2. The van der Waals surface area contributed by atoms with Gasteiger partial charge in [-0.3, -0.25) is 4.79 Å². The van der Waals surface area contributed by atoms with Gasteiger partial charge in [-0.05, 0) is 25.3 Å². The van der Waals surface area contributed by atoms with Crippen LogP contribution in [-0.4, -0.2) is 61.6 Å². The summed E-state index contributed by atoms with van der Waals surface area (Å²) in [5.41, 5.74) is 0. The molecule has 1 atom stereocenters. The number of carbonyl (C=O) groups excluding carboxylic acids is 1. The quantitative estimate of drug-likeness (QED) is 0.759. The van der Waals surface area contributed by atoms with Crippen LogP contribution in [0.3, 0.4) is 0 Å². The molecule has 2 aliphatic rings. The zero-order chi connectivity index (χ0) is 13.0. The maximum atomic E-state index is 12.3. The summed E-state index contributed by atoms with van der Waals surface area (Å²) < 4.78 is 5.32. The molecule has 1 unspecified atom stereocenters. The van der Waals surface area contributed by atoms with E-state index in [4.69, 9.17) is 4.74 Å². The van der Waals surface area contributed by atoms with Crippen LogP contribution in [0.5, 0.6) is 0 Å². The van der Waals surface area contributed by atoms with E-state index < -0.39 is 0 Å². The van der Waals surface area contributed by atoms with Crippen LogP contribution in [0, 0.1) is 11.8 Å². The summed E-state index contributed by atoms with van der Waals surface area (Å²) in [5.74, 6) is 1.15. The fourth-order valence-electron chi connectivity index (χ4n) is 2.88. The van der Waals surface area contributed by atoms with Gasteiger partial charge in [0.05, 0.1) is 12.5 Å². The molecule has 104 valence electrons. The number of carbonyl (C=O) groups is 1. The summed E-state index contributed by atoms with van der Waals surface area (Å²) in [4.78, 5) is 16.9. The summed E-state index contributed by atoms with van der Waals surface area (Å²) in [7, 11) is 0. The number of rotatable bonds is 3. The molecule has 2 rings (SSSR count). The van der Waals surface area contributed by atoms with Crippen molar-refractivity contribution < 1.29 is 9.53 Å². The molecule has 2 heterocycles. The first-order valence-corrected chi connectivity index (χ1v) is 7.25. The molecule has 4 nitrogen and oxygen atoms in total. The zero-order valence-corrected chi connectivity index (χ0v) is 11.7. The second-order valence-electron chi connectivity index (χ2n) is 5.93. The average Bonchev–Trinajstić information content (AvgIpc) is 2.76. The lowest BCUT2D eigenvalue weighted by atomic mass is 10.1. The van der Waals surface area contributed by atoms with Gasteiger partial charge in [-0.15, -0.1) is 0 Å². The smallest absolute Gasteiger partial charge is 0.228 e. The van der Waals surface area contributed by atoms with Crippen molar-refractivity contribution >= 4 is 5.91 Å². The highest BCUT2D eigenvalue weighted by atomic mass is 16.5. The molecule has 0 aromatic carbocycles. The van der Waals surface area contributed by atoms with Gasteiger partial charge in [0.15, 0.2) is 0 Å². The van der Waals surface area contributed by atoms with Crippen LogP contribution in [0.1, 0.15) is 26.7 Å². The lowest BCUT2D eigenvalue weighted by Crippen LogP contribution is -2.39. The van der Waals surface area contributed by atoms with Crippen LogP contribution in [0.25, 0.3) is 0 Å². The summed E-state index contributed by atoms with van der Waals surface area (Å²) >= 11 is 0. The number of amides is 1. The maximum Gasteiger partial charge on any atom is 0.228 e. The highest BCUT2D eigenvalue weighted by Crippen LogP contribution is 2.17. The van der Waals surface area contributed by atoms with Crippen molar-refractivity contribution in [2.45, 2.75) is 26.7 Å². The molecule has 0 aromatic heterocycles. The molecule has 0 aromatic rings. The Morgan fingerprint density at radius 3 is 2.78 bits per heavy atom. The molecule has 0 radical (unpaired) electrons. The molecule has 18 heavy (non-hydrogen) atoms. The molecule has 0 saturated carbocycles. The van der Waals surface area contributed by atoms with Crippen LogP contribution >= 0.6 is 0 Å². The molecule has 4 heteroatoms. The number of hydrogen-bond donors (Lipinski definition) is 0. The van der Waals surface area contributed by atoms with Crippen LogP contribution in [0.2, 0.25) is 0 Å². The van der Waals surface area contributed by atoms with E-state index in [-0.39, 0.29) is 5.92 Å². The van der Waals surface area contributed by atoms with Gasteiger partial charge in [-0.1, -0.05) is 13.8 Å². The van der Waals surface area contributed by atoms with Gasteiger partial charge in [-0.25, -0.2) is 0 Å². The van der Waals surface area contributed by atoms with E-state index in [1.165, 1.54) is 0 Å². The van der Waals surface area contributed by atoms with E-state index in [1.807, 2.05) is 0 Å². The molecule has 0 bridgehead atoms. The molecule has 2 fully saturated rings. The summed E-state index contributed by atoms with van der Waals surface area (Å²) in [6.45, 7) is 11.0. The Balaban J connectivity index is 1.82. The van der Waals surface area contributed by atoms with Crippen molar-refractivity contribution in [1.29, 1.82) is 0 Å². The van der Waals surface area contributed by atoms with Crippen molar-refractivity contribution in [3.05, 3.63) is 0 Å². The third kappa shape index (κ3) is 3.69. The molecule has 2 saturated heterocycles. The first-order chi connectivity index (χ1) is 8.66. The minimum Gasteiger partial charge on any atom is -0.381 e. The Morgan fingerprint density at radius 1 is 1.28 bits per heavy atom. The lowest BCUT2D eigenvalue weighted by Gasteiger charge is -2.24. The van der Waals surface area contributed by atoms with Crippen LogP contribution in [0.4, 0.5) is 0 Å². The Bertz CT molecular complexity index is 275. The average molecular weight is 254 g/mol. The van der Waals surface area contributed by atoms with Crippen molar-refractivity contribution in [3.8, 4) is 0 Å². The molecular formula is C14H26N2O2. The molecule has 0 aliphatic carbocycles. The van der Waals surface area contributed by atoms with Crippen LogP contribution < -0.4 is 0 Å². The largest absolute Gasteiger partial charge is 0.381 e.